The van der Waals surface area contributed by atoms with Gasteiger partial charge in [0.05, 0.1) is 19.1 Å². The first kappa shape index (κ1) is 25.2. The number of ether oxygens (including phenoxy) is 1. The summed E-state index contributed by atoms with van der Waals surface area (Å²) in [6, 6.07) is 3.98. The molecule has 2 aromatic rings. The Morgan fingerprint density at radius 2 is 1.71 bits per heavy atom. The molecule has 0 aliphatic heterocycles. The molecule has 0 saturated carbocycles. The molecule has 0 amide bonds. The molecular formula is C23H28F3NO3S. The van der Waals surface area contributed by atoms with Gasteiger partial charge in [-0.15, -0.1) is 4.72 Å². The summed E-state index contributed by atoms with van der Waals surface area (Å²) in [6.07, 6.45) is -0.336. The molecule has 31 heavy (non-hydrogen) atoms. The van der Waals surface area contributed by atoms with Gasteiger partial charge in [-0.25, -0.2) is 13.2 Å². The second-order valence-electron chi connectivity index (χ2n) is 8.34. The highest BCUT2D eigenvalue weighted by Gasteiger charge is 2.33. The molecule has 2 atom stereocenters. The second-order valence-corrected chi connectivity index (χ2v) is 10.3. The van der Waals surface area contributed by atoms with E-state index in [0.717, 1.165) is 6.07 Å². The molecular weight excluding hydrogens is 427 g/mol. The molecule has 8 heteroatoms. The van der Waals surface area contributed by atoms with Crippen molar-refractivity contribution in [3.63, 3.8) is 0 Å². The average molecular weight is 456 g/mol. The van der Waals surface area contributed by atoms with E-state index in [1.807, 2.05) is 0 Å². The van der Waals surface area contributed by atoms with E-state index in [0.29, 0.717) is 22.3 Å². The fraction of sp³-hybridized carbons (Fsp3) is 0.435. The van der Waals surface area contributed by atoms with E-state index in [9.17, 15) is 22.5 Å². The van der Waals surface area contributed by atoms with Gasteiger partial charge in [0.15, 0.2) is 11.6 Å². The van der Waals surface area contributed by atoms with Gasteiger partial charge >= 0.3 is 5.97 Å². The topological polar surface area (TPSA) is 61.4 Å². The normalized spacial score (nSPS) is 13.7. The first-order valence-corrected chi connectivity index (χ1v) is 11.1. The summed E-state index contributed by atoms with van der Waals surface area (Å²) in [5, 5.41) is 0. The number of carbonyl (C=O) groups excluding carboxylic acids is 1. The van der Waals surface area contributed by atoms with E-state index in [1.54, 1.807) is 41.5 Å². The van der Waals surface area contributed by atoms with E-state index in [4.69, 9.17) is 4.74 Å². The van der Waals surface area contributed by atoms with Crippen molar-refractivity contribution in [2.75, 3.05) is 6.61 Å². The van der Waals surface area contributed by atoms with Crippen molar-refractivity contribution in [3.05, 3.63) is 58.4 Å². The van der Waals surface area contributed by atoms with Gasteiger partial charge in [-0.1, -0.05) is 0 Å². The third kappa shape index (κ3) is 6.24. The number of aryl methyl sites for hydroxylation is 2. The molecule has 170 valence electrons. The zero-order chi connectivity index (χ0) is 23.5. The van der Waals surface area contributed by atoms with Gasteiger partial charge in [0, 0.05) is 16.9 Å². The predicted octanol–water partition coefficient (Wildman–Crippen LogP) is 5.43. The summed E-state index contributed by atoms with van der Waals surface area (Å²) in [5.41, 5.74) is 1.86. The van der Waals surface area contributed by atoms with Crippen molar-refractivity contribution in [2.24, 2.45) is 0 Å². The van der Waals surface area contributed by atoms with E-state index in [-0.39, 0.29) is 18.6 Å². The fourth-order valence-corrected chi connectivity index (χ4v) is 4.10. The third-order valence-corrected chi connectivity index (χ3v) is 6.31. The van der Waals surface area contributed by atoms with Crippen LogP contribution in [0, 0.1) is 31.3 Å². The van der Waals surface area contributed by atoms with Crippen molar-refractivity contribution in [3.8, 4) is 11.1 Å². The van der Waals surface area contributed by atoms with Gasteiger partial charge in [-0.2, -0.15) is 0 Å². The molecule has 0 fully saturated rings. The lowest BCUT2D eigenvalue weighted by Gasteiger charge is -2.28. The molecule has 0 bridgehead atoms. The Kier molecular flexibility index (Phi) is 8.19. The van der Waals surface area contributed by atoms with Crippen molar-refractivity contribution >= 4 is 17.3 Å². The highest BCUT2D eigenvalue weighted by atomic mass is 32.2. The minimum absolute atomic E-state index is 0.124. The molecule has 2 rings (SSSR count). The average Bonchev–Trinajstić information content (AvgIpc) is 2.62. The van der Waals surface area contributed by atoms with Crippen LogP contribution < -0.4 is 4.72 Å². The molecule has 0 aliphatic carbocycles. The molecule has 0 aromatic heterocycles. The highest BCUT2D eigenvalue weighted by molar-refractivity contribution is 7.90. The smallest absolute Gasteiger partial charge is 0.307 e. The summed E-state index contributed by atoms with van der Waals surface area (Å²) in [5.74, 6) is -3.32. The van der Waals surface area contributed by atoms with E-state index >= 15 is 0 Å². The van der Waals surface area contributed by atoms with E-state index < -0.39 is 45.6 Å². The van der Waals surface area contributed by atoms with Crippen LogP contribution in [0.2, 0.25) is 0 Å². The van der Waals surface area contributed by atoms with Gasteiger partial charge in [-0.3, -0.25) is 4.79 Å². The fourth-order valence-electron chi connectivity index (χ4n) is 3.28. The molecule has 1 N–H and O–H groups in total. The molecule has 0 heterocycles. The molecule has 2 aromatic carbocycles. The summed E-state index contributed by atoms with van der Waals surface area (Å²) in [7, 11) is 0. The highest BCUT2D eigenvalue weighted by Crippen LogP contribution is 2.34. The predicted molar refractivity (Wildman–Crippen MR) is 116 cm³/mol. The zero-order valence-electron chi connectivity index (χ0n) is 18.6. The summed E-state index contributed by atoms with van der Waals surface area (Å²) >= 11 is -1.66. The van der Waals surface area contributed by atoms with Gasteiger partial charge < -0.3 is 9.29 Å². The van der Waals surface area contributed by atoms with Crippen LogP contribution in [-0.2, 0) is 20.9 Å². The largest absolute Gasteiger partial charge is 0.598 e. The van der Waals surface area contributed by atoms with Crippen LogP contribution >= 0.6 is 0 Å². The molecule has 4 nitrogen and oxygen atoms in total. The van der Waals surface area contributed by atoms with Crippen LogP contribution in [0.25, 0.3) is 11.1 Å². The van der Waals surface area contributed by atoms with E-state index in [1.165, 1.54) is 18.2 Å². The Morgan fingerprint density at radius 1 is 1.13 bits per heavy atom. The van der Waals surface area contributed by atoms with Crippen LogP contribution in [0.4, 0.5) is 13.2 Å². The Hall–Kier alpha value is -2.03. The number of hydrogen-bond donors (Lipinski definition) is 1. The monoisotopic (exact) mass is 455 g/mol. The number of hydrogen-bond acceptors (Lipinski definition) is 4. The zero-order valence-corrected chi connectivity index (χ0v) is 19.4. The van der Waals surface area contributed by atoms with Crippen LogP contribution in [0.3, 0.4) is 0 Å². The number of carbonyl (C=O) groups is 1. The van der Waals surface area contributed by atoms with Crippen LogP contribution in [-0.4, -0.2) is 21.9 Å². The quantitative estimate of drug-likeness (QED) is 0.447. The number of rotatable bonds is 7. The number of nitrogens with one attached hydrogen (secondary N) is 1. The molecule has 0 unspecified atom stereocenters. The molecule has 0 radical (unpaired) electrons. The van der Waals surface area contributed by atoms with Crippen LogP contribution in [0.5, 0.6) is 0 Å². The van der Waals surface area contributed by atoms with Gasteiger partial charge in [0.1, 0.15) is 10.6 Å². The van der Waals surface area contributed by atoms with Crippen LogP contribution in [0.1, 0.15) is 56.8 Å². The lowest BCUT2D eigenvalue weighted by molar-refractivity contribution is -0.143. The molecule has 0 aliphatic rings. The standard InChI is InChI=1S/C23H28F3NO3S/c1-7-30-20(28)12-19(27-31(29)23(4,5)6)17-10-15(11-18(25)22(17)26)21-13(2)8-16(24)9-14(21)3/h8-11,19,27H,7,12H2,1-6H3/t19-,31+/m0/s1. The maximum atomic E-state index is 14.9. The van der Waals surface area contributed by atoms with Gasteiger partial charge in [0.2, 0.25) is 0 Å². The van der Waals surface area contributed by atoms with Crippen molar-refractivity contribution in [2.45, 2.75) is 58.8 Å². The number of esters is 1. The summed E-state index contributed by atoms with van der Waals surface area (Å²) in [4.78, 5) is 12.1. The van der Waals surface area contributed by atoms with Crippen molar-refractivity contribution in [1.29, 1.82) is 0 Å². The van der Waals surface area contributed by atoms with Crippen LogP contribution in [0.15, 0.2) is 24.3 Å². The lowest BCUT2D eigenvalue weighted by atomic mass is 9.92. The molecule has 0 spiro atoms. The first-order chi connectivity index (χ1) is 14.3. The Bertz CT molecular complexity index is 937. The third-order valence-electron chi connectivity index (χ3n) is 4.70. The van der Waals surface area contributed by atoms with Crippen molar-refractivity contribution < 1.29 is 27.3 Å². The summed E-state index contributed by atoms with van der Waals surface area (Å²) in [6.45, 7) is 10.3. The Morgan fingerprint density at radius 3 is 2.23 bits per heavy atom. The second kappa shape index (κ2) is 10.1. The Labute approximate surface area is 184 Å². The Balaban J connectivity index is 2.61. The molecule has 0 saturated heterocycles. The lowest BCUT2D eigenvalue weighted by Crippen LogP contribution is -2.42. The van der Waals surface area contributed by atoms with E-state index in [2.05, 4.69) is 4.72 Å². The first-order valence-electron chi connectivity index (χ1n) is 9.94. The SMILES string of the molecule is CCOC(=O)C[C@H](N[S@+]([O-])C(C)(C)C)c1cc(-c2c(C)cc(F)cc2C)cc(F)c1F. The van der Waals surface area contributed by atoms with Crippen molar-refractivity contribution in [1.82, 2.24) is 4.72 Å². The number of halogens is 3. The maximum absolute atomic E-state index is 14.9. The van der Waals surface area contributed by atoms with Gasteiger partial charge in [0.25, 0.3) is 0 Å². The minimum Gasteiger partial charge on any atom is -0.598 e. The maximum Gasteiger partial charge on any atom is 0.307 e. The van der Waals surface area contributed by atoms with Gasteiger partial charge in [-0.05, 0) is 88.1 Å². The minimum atomic E-state index is -1.66. The summed E-state index contributed by atoms with van der Waals surface area (Å²) < 4.78 is 62.9. The number of benzene rings is 2.